The molecule has 16 heavy (non-hydrogen) atoms. The minimum atomic E-state index is -0.214. The molecule has 0 aliphatic rings. The van der Waals surface area contributed by atoms with E-state index in [9.17, 15) is 4.39 Å². The van der Waals surface area contributed by atoms with E-state index in [4.69, 9.17) is 0 Å². The number of aromatic nitrogens is 2. The van der Waals surface area contributed by atoms with Crippen molar-refractivity contribution in [2.45, 2.75) is 6.54 Å². The van der Waals surface area contributed by atoms with E-state index < -0.39 is 0 Å². The third-order valence-electron chi connectivity index (χ3n) is 2.16. The Balaban J connectivity index is 0.00000128. The number of anilines is 1. The van der Waals surface area contributed by atoms with Crippen molar-refractivity contribution in [1.29, 1.82) is 0 Å². The van der Waals surface area contributed by atoms with Crippen LogP contribution in [0.4, 0.5) is 10.1 Å². The molecule has 2 rings (SSSR count). The summed E-state index contributed by atoms with van der Waals surface area (Å²) in [5, 5.41) is 7.13. The average molecular weight is 242 g/mol. The second-order valence-corrected chi connectivity index (χ2v) is 3.31. The van der Waals surface area contributed by atoms with Crippen molar-refractivity contribution in [3.05, 3.63) is 48.0 Å². The van der Waals surface area contributed by atoms with Gasteiger partial charge < -0.3 is 5.32 Å². The molecule has 0 radical (unpaired) electrons. The topological polar surface area (TPSA) is 29.9 Å². The summed E-state index contributed by atoms with van der Waals surface area (Å²) in [5.41, 5.74) is 1.85. The molecule has 0 aliphatic heterocycles. The van der Waals surface area contributed by atoms with Crippen LogP contribution in [0.2, 0.25) is 0 Å². The molecule has 0 atom stereocenters. The Morgan fingerprint density at radius 2 is 2.25 bits per heavy atom. The van der Waals surface area contributed by atoms with Crippen LogP contribution in [0, 0.1) is 5.82 Å². The van der Waals surface area contributed by atoms with Gasteiger partial charge in [-0.1, -0.05) is 12.1 Å². The van der Waals surface area contributed by atoms with Crippen LogP contribution >= 0.6 is 12.4 Å². The number of nitrogens with zero attached hydrogens (tertiary/aromatic N) is 2. The second-order valence-electron chi connectivity index (χ2n) is 3.31. The molecule has 1 aromatic heterocycles. The molecule has 2 aromatic rings. The third kappa shape index (κ3) is 2.97. The molecular weight excluding hydrogens is 229 g/mol. The first kappa shape index (κ1) is 12.5. The summed E-state index contributed by atoms with van der Waals surface area (Å²) < 4.78 is 14.7. The standard InChI is InChI=1S/C11H12FN3.ClH/c1-13-11-6-14-15(8-11)7-9-3-2-4-10(12)5-9;/h2-6,8,13H,7H2,1H3;1H. The summed E-state index contributed by atoms with van der Waals surface area (Å²) in [6.07, 6.45) is 3.62. The van der Waals surface area contributed by atoms with Gasteiger partial charge in [0, 0.05) is 13.2 Å². The van der Waals surface area contributed by atoms with E-state index in [1.54, 1.807) is 16.9 Å². The van der Waals surface area contributed by atoms with Gasteiger partial charge in [0.2, 0.25) is 0 Å². The summed E-state index contributed by atoms with van der Waals surface area (Å²) in [6, 6.07) is 6.53. The van der Waals surface area contributed by atoms with Crippen molar-refractivity contribution in [3.8, 4) is 0 Å². The molecule has 0 spiro atoms. The van der Waals surface area contributed by atoms with E-state index in [1.165, 1.54) is 12.1 Å². The highest BCUT2D eigenvalue weighted by atomic mass is 35.5. The number of hydrogen-bond acceptors (Lipinski definition) is 2. The van der Waals surface area contributed by atoms with Crippen LogP contribution < -0.4 is 5.32 Å². The Morgan fingerprint density at radius 1 is 1.44 bits per heavy atom. The largest absolute Gasteiger partial charge is 0.386 e. The zero-order chi connectivity index (χ0) is 10.7. The van der Waals surface area contributed by atoms with Gasteiger partial charge in [-0.15, -0.1) is 12.4 Å². The third-order valence-corrected chi connectivity index (χ3v) is 2.16. The molecule has 1 heterocycles. The molecule has 0 fully saturated rings. The lowest BCUT2D eigenvalue weighted by molar-refractivity contribution is 0.619. The Hall–Kier alpha value is -1.55. The molecule has 0 unspecified atom stereocenters. The molecular formula is C11H13ClFN3. The molecule has 0 amide bonds. The van der Waals surface area contributed by atoms with Gasteiger partial charge in [0.1, 0.15) is 5.82 Å². The summed E-state index contributed by atoms with van der Waals surface area (Å²) >= 11 is 0. The van der Waals surface area contributed by atoms with Crippen molar-refractivity contribution in [1.82, 2.24) is 9.78 Å². The van der Waals surface area contributed by atoms with Crippen LogP contribution in [0.3, 0.4) is 0 Å². The lowest BCUT2D eigenvalue weighted by atomic mass is 10.2. The second kappa shape index (κ2) is 5.51. The Bertz CT molecular complexity index is 456. The first-order valence-electron chi connectivity index (χ1n) is 4.72. The highest BCUT2D eigenvalue weighted by Crippen LogP contribution is 2.08. The molecule has 1 N–H and O–H groups in total. The number of hydrogen-bond donors (Lipinski definition) is 1. The van der Waals surface area contributed by atoms with E-state index in [1.807, 2.05) is 19.3 Å². The Labute approximate surface area is 99.7 Å². The fourth-order valence-electron chi connectivity index (χ4n) is 1.40. The highest BCUT2D eigenvalue weighted by molar-refractivity contribution is 5.85. The predicted molar refractivity (Wildman–Crippen MR) is 64.5 cm³/mol. The predicted octanol–water partition coefficient (Wildman–Crippen LogP) is 2.53. The van der Waals surface area contributed by atoms with Gasteiger partial charge in [-0.05, 0) is 17.7 Å². The van der Waals surface area contributed by atoms with Crippen LogP contribution in [0.15, 0.2) is 36.7 Å². The summed E-state index contributed by atoms with van der Waals surface area (Å²) in [5.74, 6) is -0.214. The monoisotopic (exact) mass is 241 g/mol. The van der Waals surface area contributed by atoms with Crippen molar-refractivity contribution in [2.75, 3.05) is 12.4 Å². The van der Waals surface area contributed by atoms with Crippen molar-refractivity contribution < 1.29 is 4.39 Å². The number of halogens is 2. The van der Waals surface area contributed by atoms with E-state index in [-0.39, 0.29) is 18.2 Å². The Kier molecular flexibility index (Phi) is 4.31. The van der Waals surface area contributed by atoms with Crippen molar-refractivity contribution >= 4 is 18.1 Å². The van der Waals surface area contributed by atoms with Crippen molar-refractivity contribution in [2.24, 2.45) is 0 Å². The molecule has 0 saturated carbocycles. The van der Waals surface area contributed by atoms with Gasteiger partial charge in [0.25, 0.3) is 0 Å². The van der Waals surface area contributed by atoms with Crippen LogP contribution in [0.25, 0.3) is 0 Å². The summed E-state index contributed by atoms with van der Waals surface area (Å²) in [6.45, 7) is 0.583. The van der Waals surface area contributed by atoms with Gasteiger partial charge in [0.15, 0.2) is 0 Å². The van der Waals surface area contributed by atoms with Gasteiger partial charge in [-0.25, -0.2) is 4.39 Å². The lowest BCUT2D eigenvalue weighted by Gasteiger charge is -2.01. The molecule has 0 aliphatic carbocycles. The van der Waals surface area contributed by atoms with Crippen LogP contribution in [0.5, 0.6) is 0 Å². The zero-order valence-corrected chi connectivity index (χ0v) is 9.67. The van der Waals surface area contributed by atoms with Crippen LogP contribution in [-0.2, 0) is 6.54 Å². The van der Waals surface area contributed by atoms with Gasteiger partial charge >= 0.3 is 0 Å². The maximum Gasteiger partial charge on any atom is 0.123 e. The summed E-state index contributed by atoms with van der Waals surface area (Å²) in [4.78, 5) is 0. The summed E-state index contributed by atoms with van der Waals surface area (Å²) in [7, 11) is 1.84. The minimum absolute atomic E-state index is 0. The Morgan fingerprint density at radius 3 is 2.88 bits per heavy atom. The quantitative estimate of drug-likeness (QED) is 0.895. The molecule has 5 heteroatoms. The van der Waals surface area contributed by atoms with E-state index >= 15 is 0 Å². The maximum absolute atomic E-state index is 12.9. The first-order valence-corrected chi connectivity index (χ1v) is 4.72. The smallest absolute Gasteiger partial charge is 0.123 e. The number of rotatable bonds is 3. The van der Waals surface area contributed by atoms with E-state index in [2.05, 4.69) is 10.4 Å². The van der Waals surface area contributed by atoms with Gasteiger partial charge in [-0.2, -0.15) is 5.10 Å². The minimum Gasteiger partial charge on any atom is -0.386 e. The maximum atomic E-state index is 12.9. The average Bonchev–Trinajstić information content (AvgIpc) is 2.65. The number of nitrogens with one attached hydrogen (secondary N) is 1. The lowest BCUT2D eigenvalue weighted by Crippen LogP contribution is -2.00. The van der Waals surface area contributed by atoms with Crippen LogP contribution in [0.1, 0.15) is 5.56 Å². The normalized spacial score (nSPS) is 9.62. The highest BCUT2D eigenvalue weighted by Gasteiger charge is 1.99. The molecule has 3 nitrogen and oxygen atoms in total. The first-order chi connectivity index (χ1) is 7.28. The van der Waals surface area contributed by atoms with E-state index in [0.29, 0.717) is 6.54 Å². The molecule has 0 bridgehead atoms. The van der Waals surface area contributed by atoms with Gasteiger partial charge in [-0.3, -0.25) is 4.68 Å². The molecule has 0 saturated heterocycles. The van der Waals surface area contributed by atoms with Gasteiger partial charge in [0.05, 0.1) is 18.4 Å². The number of benzene rings is 1. The van der Waals surface area contributed by atoms with Crippen LogP contribution in [-0.4, -0.2) is 16.8 Å². The molecule has 1 aromatic carbocycles. The van der Waals surface area contributed by atoms with Crippen molar-refractivity contribution in [3.63, 3.8) is 0 Å². The fourth-order valence-corrected chi connectivity index (χ4v) is 1.40. The van der Waals surface area contributed by atoms with E-state index in [0.717, 1.165) is 11.3 Å². The molecule has 86 valence electrons. The zero-order valence-electron chi connectivity index (χ0n) is 8.85. The fraction of sp³-hybridized carbons (Fsp3) is 0.182. The SMILES string of the molecule is CNc1cnn(Cc2cccc(F)c2)c1.Cl.